The van der Waals surface area contributed by atoms with Gasteiger partial charge in [-0.2, -0.15) is 15.8 Å². The minimum absolute atomic E-state index is 0.273. The van der Waals surface area contributed by atoms with Crippen molar-refractivity contribution in [2.24, 2.45) is 0 Å². The van der Waals surface area contributed by atoms with Gasteiger partial charge < -0.3 is 14.6 Å². The third-order valence-corrected chi connectivity index (χ3v) is 12.8. The molecule has 0 atom stereocenters. The van der Waals surface area contributed by atoms with E-state index in [-0.39, 0.29) is 5.75 Å². The molecule has 354 valence electrons. The lowest BCUT2D eigenvalue weighted by molar-refractivity contribution is 0.299. The van der Waals surface area contributed by atoms with Crippen LogP contribution in [0.25, 0.3) is 33.4 Å². The van der Waals surface area contributed by atoms with Crippen molar-refractivity contribution in [3.8, 4) is 68.8 Å². The number of halogens is 2. The number of hydrogen-bond acceptors (Lipinski definition) is 6. The maximum absolute atomic E-state index is 9.32. The second-order valence-electron chi connectivity index (χ2n) is 17.0. The summed E-state index contributed by atoms with van der Waals surface area (Å²) < 4.78 is 12.0. The Hall–Kier alpha value is -5.85. The highest BCUT2D eigenvalue weighted by Gasteiger charge is 2.07. The number of nitrogens with zero attached hydrogens (tertiary/aromatic N) is 3. The first-order valence-electron chi connectivity index (χ1n) is 24.1. The van der Waals surface area contributed by atoms with Crippen LogP contribution >= 0.6 is 31.9 Å². The Labute approximate surface area is 423 Å². The van der Waals surface area contributed by atoms with Crippen molar-refractivity contribution in [1.29, 1.82) is 15.8 Å². The van der Waals surface area contributed by atoms with Gasteiger partial charge in [-0.05, 0) is 169 Å². The van der Waals surface area contributed by atoms with Gasteiger partial charge >= 0.3 is 0 Å². The highest BCUT2D eigenvalue weighted by Crippen LogP contribution is 2.30. The number of ether oxygens (including phenoxy) is 2. The number of alkyl halides is 2. The fourth-order valence-corrected chi connectivity index (χ4v) is 8.58. The maximum Gasteiger partial charge on any atom is 0.119 e. The minimum atomic E-state index is 0.273. The van der Waals surface area contributed by atoms with Crippen LogP contribution in [0.2, 0.25) is 0 Å². The zero-order chi connectivity index (χ0) is 48.8. The van der Waals surface area contributed by atoms with Crippen molar-refractivity contribution in [1.82, 2.24) is 0 Å². The molecular weight excluding hydrogens is 970 g/mol. The molecule has 0 radical (unpaired) electrons. The van der Waals surface area contributed by atoms with E-state index in [2.05, 4.69) is 88.2 Å². The van der Waals surface area contributed by atoms with Crippen LogP contribution in [0.3, 0.4) is 0 Å². The fourth-order valence-electron chi connectivity index (χ4n) is 7.79. The number of hydrogen-bond donors (Lipinski definition) is 1. The number of phenols is 1. The van der Waals surface area contributed by atoms with E-state index >= 15 is 0 Å². The lowest BCUT2D eigenvalue weighted by Crippen LogP contribution is -1.99. The van der Waals surface area contributed by atoms with E-state index in [1.165, 1.54) is 110 Å². The Bertz CT molecular complexity index is 2400. The topological polar surface area (TPSA) is 110 Å². The van der Waals surface area contributed by atoms with Crippen molar-refractivity contribution in [3.63, 3.8) is 0 Å². The fraction of sp³-hybridized carbons (Fsp3) is 0.350. The molecule has 0 aliphatic rings. The number of aryl methyl sites for hydroxylation is 3. The molecule has 6 aromatic carbocycles. The highest BCUT2D eigenvalue weighted by atomic mass is 79.9. The van der Waals surface area contributed by atoms with Gasteiger partial charge in [0.1, 0.15) is 17.2 Å². The minimum Gasteiger partial charge on any atom is -0.508 e. The largest absolute Gasteiger partial charge is 0.508 e. The van der Waals surface area contributed by atoms with Crippen molar-refractivity contribution >= 4 is 31.9 Å². The summed E-state index contributed by atoms with van der Waals surface area (Å²) in [6.45, 7) is 7.63. The molecule has 0 bridgehead atoms. The number of benzene rings is 6. The molecule has 0 spiro atoms. The summed E-state index contributed by atoms with van der Waals surface area (Å²) in [5.41, 5.74) is 12.1. The molecule has 0 fully saturated rings. The van der Waals surface area contributed by atoms with Crippen LogP contribution in [-0.4, -0.2) is 29.0 Å². The molecule has 8 heteroatoms. The quantitative estimate of drug-likeness (QED) is 0.0506. The first-order chi connectivity index (χ1) is 33.2. The van der Waals surface area contributed by atoms with Gasteiger partial charge in [-0.3, -0.25) is 0 Å². The number of aromatic hydroxyl groups is 1. The normalized spacial score (nSPS) is 10.3. The van der Waals surface area contributed by atoms with Crippen LogP contribution in [-0.2, 0) is 0 Å². The van der Waals surface area contributed by atoms with Crippen LogP contribution in [0.4, 0.5) is 0 Å². The summed E-state index contributed by atoms with van der Waals surface area (Å²) in [6.07, 6.45) is 18.0. The predicted octanol–water partition coefficient (Wildman–Crippen LogP) is 17.3. The van der Waals surface area contributed by atoms with Crippen LogP contribution < -0.4 is 9.47 Å². The third kappa shape index (κ3) is 19.8. The van der Waals surface area contributed by atoms with Gasteiger partial charge in [0.05, 0.1) is 48.1 Å². The first-order valence-corrected chi connectivity index (χ1v) is 26.3. The Morgan fingerprint density at radius 3 is 0.971 bits per heavy atom. The molecule has 6 rings (SSSR count). The van der Waals surface area contributed by atoms with Crippen molar-refractivity contribution in [3.05, 3.63) is 161 Å². The molecule has 6 nitrogen and oxygen atoms in total. The lowest BCUT2D eigenvalue weighted by atomic mass is 9.99. The van der Waals surface area contributed by atoms with Gasteiger partial charge in [-0.25, -0.2) is 0 Å². The molecule has 0 aliphatic heterocycles. The van der Waals surface area contributed by atoms with E-state index in [1.807, 2.05) is 85.8 Å². The summed E-state index contributed by atoms with van der Waals surface area (Å²) in [4.78, 5) is 0. The SMILES string of the molecule is BrCCCCCCCCCBr.Cc1cc(O)ccc1-c1ccc(C#N)cc1.Cc1cc(OCCCCCCCCCOc2ccc(-c3ccc(C#N)cc3)c(C)c2)ccc1-c1ccc(C#N)cc1. The summed E-state index contributed by atoms with van der Waals surface area (Å²) in [6, 6.07) is 47.0. The molecule has 0 aromatic heterocycles. The monoisotopic (exact) mass is 1040 g/mol. The van der Waals surface area contributed by atoms with Crippen LogP contribution in [0.15, 0.2) is 127 Å². The zero-order valence-corrected chi connectivity index (χ0v) is 43.4. The van der Waals surface area contributed by atoms with E-state index in [0.717, 1.165) is 65.4 Å². The molecule has 0 saturated heterocycles. The highest BCUT2D eigenvalue weighted by molar-refractivity contribution is 9.09. The van der Waals surface area contributed by atoms with Crippen LogP contribution in [0.5, 0.6) is 17.2 Å². The van der Waals surface area contributed by atoms with E-state index < -0.39 is 0 Å². The average Bonchev–Trinajstić information content (AvgIpc) is 3.36. The van der Waals surface area contributed by atoms with Gasteiger partial charge in [0.25, 0.3) is 0 Å². The smallest absolute Gasteiger partial charge is 0.119 e. The second-order valence-corrected chi connectivity index (χ2v) is 18.6. The van der Waals surface area contributed by atoms with Gasteiger partial charge in [-0.1, -0.05) is 151 Å². The Balaban J connectivity index is 0.000000303. The molecule has 0 unspecified atom stereocenters. The second kappa shape index (κ2) is 32.0. The summed E-state index contributed by atoms with van der Waals surface area (Å²) >= 11 is 6.87. The number of rotatable bonds is 23. The van der Waals surface area contributed by atoms with E-state index in [4.69, 9.17) is 25.3 Å². The molecule has 6 aromatic rings. The lowest BCUT2D eigenvalue weighted by Gasteiger charge is -2.11. The van der Waals surface area contributed by atoms with Gasteiger partial charge in [-0.15, -0.1) is 0 Å². The Kier molecular flexibility index (Phi) is 25.8. The van der Waals surface area contributed by atoms with Crippen molar-refractivity contribution in [2.75, 3.05) is 23.9 Å². The standard InChI is InChI=1S/C37H38N2O2.C14H11NO.C9H18Br2/c1-28-24-34(18-20-36(28)32-14-10-30(26-38)11-15-32)40-22-8-6-4-3-5-7-9-23-41-35-19-21-37(29(2)25-35)33-16-12-31(27-39)13-17-33;1-10-8-13(16)6-7-14(10)12-4-2-11(9-15)3-5-12;10-8-6-4-2-1-3-5-7-9-11/h10-21,24-25H,3-9,22-23H2,1-2H3;2-8,16H,1H3;1-9H2. The molecule has 0 aliphatic carbocycles. The number of unbranched alkanes of at least 4 members (excludes halogenated alkanes) is 12. The van der Waals surface area contributed by atoms with E-state index in [9.17, 15) is 5.11 Å². The first kappa shape index (κ1) is 54.8. The molecular formula is C60H67Br2N3O3. The van der Waals surface area contributed by atoms with E-state index in [0.29, 0.717) is 16.7 Å². The number of nitriles is 3. The van der Waals surface area contributed by atoms with E-state index in [1.54, 1.807) is 24.3 Å². The third-order valence-electron chi connectivity index (χ3n) is 11.7. The zero-order valence-electron chi connectivity index (χ0n) is 40.2. The molecule has 0 heterocycles. The van der Waals surface area contributed by atoms with Crippen molar-refractivity contribution < 1.29 is 14.6 Å². The van der Waals surface area contributed by atoms with Gasteiger partial charge in [0.15, 0.2) is 0 Å². The van der Waals surface area contributed by atoms with Gasteiger partial charge in [0, 0.05) is 10.7 Å². The van der Waals surface area contributed by atoms with Gasteiger partial charge in [0.2, 0.25) is 0 Å². The average molecular weight is 1040 g/mol. The van der Waals surface area contributed by atoms with Crippen LogP contribution in [0.1, 0.15) is 123 Å². The van der Waals surface area contributed by atoms with Crippen LogP contribution in [0, 0.1) is 54.8 Å². The Morgan fingerprint density at radius 2 is 0.676 bits per heavy atom. The molecule has 68 heavy (non-hydrogen) atoms. The molecule has 0 amide bonds. The maximum atomic E-state index is 9.32. The predicted molar refractivity (Wildman–Crippen MR) is 289 cm³/mol. The Morgan fingerprint density at radius 1 is 0.382 bits per heavy atom. The van der Waals surface area contributed by atoms with Crippen molar-refractivity contribution in [2.45, 2.75) is 111 Å². The number of phenolic OH excluding ortho intramolecular Hbond substituents is 1. The summed E-state index contributed by atoms with van der Waals surface area (Å²) in [7, 11) is 0. The molecule has 1 N–H and O–H groups in total. The summed E-state index contributed by atoms with van der Waals surface area (Å²) in [5, 5.41) is 38.4. The molecule has 0 saturated carbocycles. The summed E-state index contributed by atoms with van der Waals surface area (Å²) in [5.74, 6) is 2.10.